The summed E-state index contributed by atoms with van der Waals surface area (Å²) in [5.74, 6) is 2.73. The average Bonchev–Trinajstić information content (AvgIpc) is 3.17. The Morgan fingerprint density at radius 3 is 2.24 bits per heavy atom. The molecule has 0 aromatic heterocycles. The lowest BCUT2D eigenvalue weighted by Crippen LogP contribution is -2.33. The van der Waals surface area contributed by atoms with Gasteiger partial charge in [-0.05, 0) is 23.3 Å². The number of thiocarbonyl (C=S) groups is 1. The van der Waals surface area contributed by atoms with Gasteiger partial charge in [-0.1, -0.05) is 42.5 Å². The van der Waals surface area contributed by atoms with Crippen LogP contribution in [-0.4, -0.2) is 38.0 Å². The van der Waals surface area contributed by atoms with Crippen LogP contribution in [-0.2, 0) is 0 Å². The van der Waals surface area contributed by atoms with Crippen molar-refractivity contribution in [3.05, 3.63) is 53.6 Å². The molecule has 0 amide bonds. The van der Waals surface area contributed by atoms with Crippen molar-refractivity contribution >= 4 is 28.8 Å². The lowest BCUT2D eigenvalue weighted by Gasteiger charge is -2.18. The smallest absolute Gasteiger partial charge is 0.203 e. The SMILES string of the molecule is COc1cc(C(=S)C2CSC(c3ccccc3)N2)cc(OC)c1OC. The molecule has 0 aliphatic carbocycles. The standard InChI is InChI=1S/C19H21NO3S2/c1-21-15-9-13(10-16(22-2)17(15)23-3)18(24)14-11-25-19(20-14)12-7-5-4-6-8-12/h4-10,14,19-20H,11H2,1-3H3. The molecule has 25 heavy (non-hydrogen) atoms. The monoisotopic (exact) mass is 375 g/mol. The Balaban J connectivity index is 1.82. The Morgan fingerprint density at radius 1 is 1.04 bits per heavy atom. The third kappa shape index (κ3) is 3.76. The Labute approximate surface area is 157 Å². The second-order valence-corrected chi connectivity index (χ2v) is 7.20. The summed E-state index contributed by atoms with van der Waals surface area (Å²) in [6, 6.07) is 14.3. The highest BCUT2D eigenvalue weighted by molar-refractivity contribution is 7.99. The van der Waals surface area contributed by atoms with Gasteiger partial charge in [0.2, 0.25) is 5.75 Å². The van der Waals surface area contributed by atoms with Crippen molar-refractivity contribution in [3.8, 4) is 17.2 Å². The largest absolute Gasteiger partial charge is 0.493 e. The van der Waals surface area contributed by atoms with Crippen LogP contribution >= 0.6 is 24.0 Å². The maximum atomic E-state index is 5.75. The van der Waals surface area contributed by atoms with E-state index in [1.54, 1.807) is 21.3 Å². The normalized spacial score (nSPS) is 19.5. The van der Waals surface area contributed by atoms with Crippen LogP contribution in [0.4, 0.5) is 0 Å². The molecule has 1 aliphatic heterocycles. The predicted molar refractivity (Wildman–Crippen MR) is 106 cm³/mol. The summed E-state index contributed by atoms with van der Waals surface area (Å²) in [7, 11) is 4.82. The van der Waals surface area contributed by atoms with Gasteiger partial charge in [-0.25, -0.2) is 0 Å². The van der Waals surface area contributed by atoms with Crippen molar-refractivity contribution in [1.82, 2.24) is 5.32 Å². The van der Waals surface area contributed by atoms with Crippen LogP contribution in [0.15, 0.2) is 42.5 Å². The molecule has 132 valence electrons. The predicted octanol–water partition coefficient (Wildman–Crippen LogP) is 3.83. The fraction of sp³-hybridized carbons (Fsp3) is 0.316. The molecule has 2 atom stereocenters. The molecule has 1 fully saturated rings. The highest BCUT2D eigenvalue weighted by Crippen LogP contribution is 2.40. The molecule has 2 aromatic rings. The second-order valence-electron chi connectivity index (χ2n) is 5.62. The first-order valence-electron chi connectivity index (χ1n) is 7.94. The third-order valence-electron chi connectivity index (χ3n) is 4.15. The van der Waals surface area contributed by atoms with Gasteiger partial charge in [0, 0.05) is 10.6 Å². The van der Waals surface area contributed by atoms with Crippen molar-refractivity contribution < 1.29 is 14.2 Å². The fourth-order valence-electron chi connectivity index (χ4n) is 2.87. The first-order chi connectivity index (χ1) is 12.2. The Bertz CT molecular complexity index is 727. The van der Waals surface area contributed by atoms with Gasteiger partial charge in [-0.15, -0.1) is 11.8 Å². The van der Waals surface area contributed by atoms with Crippen LogP contribution in [0.2, 0.25) is 0 Å². The Kier molecular flexibility index (Phi) is 5.83. The van der Waals surface area contributed by atoms with E-state index in [2.05, 4.69) is 29.6 Å². The van der Waals surface area contributed by atoms with Crippen molar-refractivity contribution in [2.75, 3.05) is 27.1 Å². The van der Waals surface area contributed by atoms with Gasteiger partial charge in [0.15, 0.2) is 11.5 Å². The zero-order valence-corrected chi connectivity index (χ0v) is 16.1. The molecule has 1 saturated heterocycles. The number of nitrogens with one attached hydrogen (secondary N) is 1. The molecule has 3 rings (SSSR count). The molecular weight excluding hydrogens is 354 g/mol. The highest BCUT2D eigenvalue weighted by atomic mass is 32.2. The molecule has 1 heterocycles. The minimum atomic E-state index is 0.119. The summed E-state index contributed by atoms with van der Waals surface area (Å²) >= 11 is 7.62. The van der Waals surface area contributed by atoms with E-state index in [0.717, 1.165) is 16.2 Å². The van der Waals surface area contributed by atoms with Crippen molar-refractivity contribution in [2.24, 2.45) is 0 Å². The van der Waals surface area contributed by atoms with E-state index >= 15 is 0 Å². The average molecular weight is 376 g/mol. The van der Waals surface area contributed by atoms with Crippen LogP contribution in [0.5, 0.6) is 17.2 Å². The molecule has 1 aliphatic rings. The molecule has 0 spiro atoms. The zero-order valence-electron chi connectivity index (χ0n) is 14.4. The fourth-order valence-corrected chi connectivity index (χ4v) is 4.50. The topological polar surface area (TPSA) is 39.7 Å². The highest BCUT2D eigenvalue weighted by Gasteiger charge is 2.29. The summed E-state index contributed by atoms with van der Waals surface area (Å²) < 4.78 is 16.2. The van der Waals surface area contributed by atoms with Crippen molar-refractivity contribution in [1.29, 1.82) is 0 Å². The van der Waals surface area contributed by atoms with Crippen LogP contribution in [0.25, 0.3) is 0 Å². The number of methoxy groups -OCH3 is 3. The zero-order chi connectivity index (χ0) is 17.8. The van der Waals surface area contributed by atoms with E-state index in [9.17, 15) is 0 Å². The minimum Gasteiger partial charge on any atom is -0.493 e. The first-order valence-corrected chi connectivity index (χ1v) is 9.40. The quantitative estimate of drug-likeness (QED) is 0.611. The molecule has 4 nitrogen and oxygen atoms in total. The van der Waals surface area contributed by atoms with E-state index in [1.807, 2.05) is 30.0 Å². The lowest BCUT2D eigenvalue weighted by atomic mass is 10.0. The van der Waals surface area contributed by atoms with Gasteiger partial charge in [0.05, 0.1) is 32.7 Å². The number of ether oxygens (including phenoxy) is 3. The number of thioether (sulfide) groups is 1. The van der Waals surface area contributed by atoms with Gasteiger partial charge < -0.3 is 14.2 Å². The van der Waals surface area contributed by atoms with E-state index in [-0.39, 0.29) is 11.4 Å². The summed E-state index contributed by atoms with van der Waals surface area (Å²) in [5, 5.41) is 3.87. The first kappa shape index (κ1) is 18.0. The maximum absolute atomic E-state index is 5.75. The van der Waals surface area contributed by atoms with Crippen LogP contribution in [0.1, 0.15) is 16.5 Å². The molecule has 0 bridgehead atoms. The molecule has 2 aromatic carbocycles. The third-order valence-corrected chi connectivity index (χ3v) is 5.94. The lowest BCUT2D eigenvalue weighted by molar-refractivity contribution is 0.324. The van der Waals surface area contributed by atoms with Crippen LogP contribution < -0.4 is 19.5 Å². The summed E-state index contributed by atoms with van der Waals surface area (Å²) in [5.41, 5.74) is 2.18. The molecule has 6 heteroatoms. The second kappa shape index (κ2) is 8.08. The van der Waals surface area contributed by atoms with Gasteiger partial charge >= 0.3 is 0 Å². The summed E-state index contributed by atoms with van der Waals surface area (Å²) in [6.07, 6.45) is 0. The molecule has 2 unspecified atom stereocenters. The van der Waals surface area contributed by atoms with E-state index in [0.29, 0.717) is 17.2 Å². The number of rotatable bonds is 6. The maximum Gasteiger partial charge on any atom is 0.203 e. The van der Waals surface area contributed by atoms with E-state index in [1.165, 1.54) is 5.56 Å². The minimum absolute atomic E-state index is 0.119. The Hall–Kier alpha value is -1.76. The van der Waals surface area contributed by atoms with Gasteiger partial charge in [-0.3, -0.25) is 5.32 Å². The van der Waals surface area contributed by atoms with Crippen LogP contribution in [0, 0.1) is 0 Å². The molecular formula is C19H21NO3S2. The summed E-state index contributed by atoms with van der Waals surface area (Å²) in [6.45, 7) is 0. The van der Waals surface area contributed by atoms with Crippen LogP contribution in [0.3, 0.4) is 0 Å². The molecule has 1 N–H and O–H groups in total. The molecule has 0 radical (unpaired) electrons. The van der Waals surface area contributed by atoms with Crippen molar-refractivity contribution in [3.63, 3.8) is 0 Å². The van der Waals surface area contributed by atoms with E-state index in [4.69, 9.17) is 26.4 Å². The number of benzene rings is 2. The Morgan fingerprint density at radius 2 is 1.68 bits per heavy atom. The van der Waals surface area contributed by atoms with Gasteiger partial charge in [0.1, 0.15) is 0 Å². The van der Waals surface area contributed by atoms with Gasteiger partial charge in [0.25, 0.3) is 0 Å². The molecule has 0 saturated carbocycles. The number of hydrogen-bond acceptors (Lipinski definition) is 6. The van der Waals surface area contributed by atoms with E-state index < -0.39 is 0 Å². The van der Waals surface area contributed by atoms with Gasteiger partial charge in [-0.2, -0.15) is 0 Å². The van der Waals surface area contributed by atoms with Crippen molar-refractivity contribution in [2.45, 2.75) is 11.4 Å². The summed E-state index contributed by atoms with van der Waals surface area (Å²) in [4.78, 5) is 0.852. The number of hydrogen-bond donors (Lipinski definition) is 1.